The maximum atomic E-state index is 8.06. The van der Waals surface area contributed by atoms with E-state index in [0.717, 1.165) is 0 Å². The largest absolute Gasteiger partial charge is 0.412 e. The van der Waals surface area contributed by atoms with Gasteiger partial charge < -0.3 is 5.48 Å². The van der Waals surface area contributed by atoms with Gasteiger partial charge in [-0.05, 0) is 0 Å². The third-order valence-electron chi connectivity index (χ3n) is 0. The number of rotatable bonds is 0. The second kappa shape index (κ2) is 61.4. The molecule has 0 saturated carbocycles. The van der Waals surface area contributed by atoms with Crippen LogP contribution in [0.25, 0.3) is 0 Å². The molecule has 2 N–H and O–H groups in total. The van der Waals surface area contributed by atoms with Crippen LogP contribution in [0.15, 0.2) is 0 Å². The van der Waals surface area contributed by atoms with Crippen LogP contribution in [0.3, 0.4) is 0 Å². The Morgan fingerprint density at radius 3 is 1.25 bits per heavy atom. The first-order valence-electron chi connectivity index (χ1n) is 0.204. The van der Waals surface area contributed by atoms with E-state index < -0.39 is 0 Å². The van der Waals surface area contributed by atoms with Crippen LogP contribution in [0.2, 0.25) is 0 Å². The van der Waals surface area contributed by atoms with Gasteiger partial charge in [0.1, 0.15) is 9.12 Å². The summed E-state index contributed by atoms with van der Waals surface area (Å²) in [6.07, 6.45) is 0. The summed E-state index contributed by atoms with van der Waals surface area (Å²) in [7, 11) is 1.72. The molecular weight excluding hydrogens is 114 g/mol. The van der Waals surface area contributed by atoms with Gasteiger partial charge in [-0.15, -0.1) is 0 Å². The van der Waals surface area contributed by atoms with E-state index in [9.17, 15) is 0 Å². The minimum atomic E-state index is 0. The van der Waals surface area contributed by atoms with Crippen molar-refractivity contribution in [3.63, 3.8) is 0 Å². The van der Waals surface area contributed by atoms with Crippen LogP contribution in [0, 0.1) is 0 Å². The van der Waals surface area contributed by atoms with Crippen molar-refractivity contribution < 1.29 is 28.6 Å². The summed E-state index contributed by atoms with van der Waals surface area (Å²) < 4.78 is 8.06. The van der Waals surface area contributed by atoms with Crippen LogP contribution >= 0.6 is 9.12 Å². The van der Waals surface area contributed by atoms with Crippen molar-refractivity contribution in [2.24, 2.45) is 0 Å². The Morgan fingerprint density at radius 2 is 1.25 bits per heavy atom. The minimum absolute atomic E-state index is 0. The molecular formula is H3O2PV. The molecule has 0 aromatic rings. The average Bonchev–Trinajstić information content (AvgIpc) is 1.00. The first kappa shape index (κ1) is 22.8. The topological polar surface area (TPSA) is 48.6 Å². The van der Waals surface area contributed by atoms with E-state index in [-0.39, 0.29) is 24.0 Å². The smallest absolute Gasteiger partial charge is 0.138 e. The van der Waals surface area contributed by atoms with Crippen LogP contribution in [0.1, 0.15) is 0 Å². The molecule has 0 aliphatic rings. The second-order valence-corrected chi connectivity index (χ2v) is 0. The number of hydrogen-bond donors (Lipinski definition) is 0. The Kier molecular flexibility index (Phi) is 350. The Morgan fingerprint density at radius 1 is 1.25 bits per heavy atom. The molecule has 0 heterocycles. The minimum Gasteiger partial charge on any atom is -0.412 e. The van der Waals surface area contributed by atoms with Crippen molar-refractivity contribution in [1.82, 2.24) is 0 Å². The number of hydrogen-bond acceptors (Lipinski definition) is 1. The molecule has 0 aliphatic heterocycles. The Hall–Kier alpha value is 0.644. The van der Waals surface area contributed by atoms with Gasteiger partial charge in [-0.2, -0.15) is 0 Å². The van der Waals surface area contributed by atoms with Crippen LogP contribution in [-0.2, 0) is 23.1 Å². The molecule has 25 valence electrons. The molecule has 2 nitrogen and oxygen atoms in total. The Balaban J connectivity index is -0.00000000500. The molecule has 0 bridgehead atoms. The predicted molar refractivity (Wildman–Crippen MR) is 12.6 cm³/mol. The van der Waals surface area contributed by atoms with E-state index in [2.05, 4.69) is 0 Å². The molecule has 0 unspecified atom stereocenters. The van der Waals surface area contributed by atoms with Gasteiger partial charge in [-0.1, -0.05) is 0 Å². The summed E-state index contributed by atoms with van der Waals surface area (Å²) in [6.45, 7) is 0. The molecule has 0 amide bonds. The molecule has 0 aliphatic carbocycles. The van der Waals surface area contributed by atoms with Crippen molar-refractivity contribution in [2.45, 2.75) is 0 Å². The quantitative estimate of drug-likeness (QED) is 0.400. The summed E-state index contributed by atoms with van der Waals surface area (Å²) in [5.41, 5.74) is 0. The Bertz CT molecular complexity index is 6.00. The van der Waals surface area contributed by atoms with Crippen molar-refractivity contribution in [3.8, 4) is 0 Å². The van der Waals surface area contributed by atoms with E-state index in [4.69, 9.17) is 4.57 Å². The van der Waals surface area contributed by atoms with Gasteiger partial charge in [0, 0.05) is 18.6 Å². The maximum Gasteiger partial charge on any atom is 0.138 e. The molecule has 0 atom stereocenters. The third kappa shape index (κ3) is 17.2. The summed E-state index contributed by atoms with van der Waals surface area (Å²) in [5.74, 6) is 0. The molecule has 1 radical (unpaired) electrons. The Labute approximate surface area is 38.4 Å². The zero-order chi connectivity index (χ0) is 2.00. The molecule has 0 spiro atoms. The van der Waals surface area contributed by atoms with Crippen LogP contribution < -0.4 is 0 Å². The fourth-order valence-corrected chi connectivity index (χ4v) is 0. The van der Waals surface area contributed by atoms with E-state index in [1.54, 1.807) is 9.12 Å². The van der Waals surface area contributed by atoms with Crippen molar-refractivity contribution in [3.05, 3.63) is 0 Å². The molecule has 0 aromatic heterocycles. The standard InChI is InChI=1S/HOP.H2O.V/c1-2;;/h2H;1H2;. The van der Waals surface area contributed by atoms with E-state index in [1.165, 1.54) is 0 Å². The monoisotopic (exact) mass is 117 g/mol. The fourth-order valence-electron chi connectivity index (χ4n) is 0. The van der Waals surface area contributed by atoms with Gasteiger partial charge in [0.05, 0.1) is 0 Å². The summed E-state index contributed by atoms with van der Waals surface area (Å²) in [5, 5.41) is 0. The second-order valence-electron chi connectivity index (χ2n) is 0. The first-order valence-corrected chi connectivity index (χ1v) is 0.612. The zero-order valence-electron chi connectivity index (χ0n) is 1.86. The van der Waals surface area contributed by atoms with E-state index >= 15 is 0 Å². The molecule has 0 aromatic carbocycles. The first-order chi connectivity index (χ1) is 1.00. The average molecular weight is 117 g/mol. The van der Waals surface area contributed by atoms with Crippen molar-refractivity contribution in [1.29, 1.82) is 0 Å². The van der Waals surface area contributed by atoms with Gasteiger partial charge in [-0.25, -0.2) is 0 Å². The normalized spacial score (nSPS) is 1.00. The third-order valence-corrected chi connectivity index (χ3v) is 0. The molecule has 4 heavy (non-hydrogen) atoms. The molecule has 0 fully saturated rings. The molecule has 0 saturated heterocycles. The summed E-state index contributed by atoms with van der Waals surface area (Å²) >= 11 is 0. The van der Waals surface area contributed by atoms with Gasteiger partial charge in [0.15, 0.2) is 0 Å². The van der Waals surface area contributed by atoms with Gasteiger partial charge in [0.25, 0.3) is 0 Å². The maximum absolute atomic E-state index is 8.06. The van der Waals surface area contributed by atoms with Crippen molar-refractivity contribution in [2.75, 3.05) is 0 Å². The SMILES string of the molecule is O.O=P.[V]. The van der Waals surface area contributed by atoms with Gasteiger partial charge in [-0.3, -0.25) is 4.57 Å². The zero-order valence-corrected chi connectivity index (χ0v) is 4.25. The van der Waals surface area contributed by atoms with Gasteiger partial charge >= 0.3 is 0 Å². The van der Waals surface area contributed by atoms with E-state index in [1.807, 2.05) is 0 Å². The van der Waals surface area contributed by atoms with Crippen LogP contribution in [-0.4, -0.2) is 5.48 Å². The van der Waals surface area contributed by atoms with Gasteiger partial charge in [0.2, 0.25) is 0 Å². The van der Waals surface area contributed by atoms with Crippen LogP contribution in [0.4, 0.5) is 0 Å². The van der Waals surface area contributed by atoms with Crippen LogP contribution in [0.5, 0.6) is 0 Å². The molecule has 0 rings (SSSR count). The van der Waals surface area contributed by atoms with Crippen molar-refractivity contribution >= 4 is 9.12 Å². The predicted octanol–water partition coefficient (Wildman–Crippen LogP) is -0.353. The summed E-state index contributed by atoms with van der Waals surface area (Å²) in [4.78, 5) is 0. The summed E-state index contributed by atoms with van der Waals surface area (Å²) in [6, 6.07) is 0. The molecule has 4 heteroatoms. The fraction of sp³-hybridized carbons (Fsp3) is 0. The van der Waals surface area contributed by atoms with E-state index in [0.29, 0.717) is 0 Å².